The molecule has 1 nitrogen and oxygen atoms in total. The fourth-order valence-corrected chi connectivity index (χ4v) is 4.05. The Labute approximate surface area is 151 Å². The van der Waals surface area contributed by atoms with Crippen molar-refractivity contribution in [3.63, 3.8) is 0 Å². The highest BCUT2D eigenvalue weighted by Crippen LogP contribution is 2.41. The van der Waals surface area contributed by atoms with Crippen LogP contribution in [0.25, 0.3) is 17.2 Å². The zero-order valence-electron chi connectivity index (χ0n) is 15.9. The van der Waals surface area contributed by atoms with Crippen molar-refractivity contribution in [1.29, 1.82) is 0 Å². The Morgan fingerprint density at radius 1 is 1.00 bits per heavy atom. The summed E-state index contributed by atoms with van der Waals surface area (Å²) in [7, 11) is 0. The Bertz CT molecular complexity index is 814. The topological polar surface area (TPSA) is 9.23 Å². The summed E-state index contributed by atoms with van der Waals surface area (Å²) in [4.78, 5) is 0. The van der Waals surface area contributed by atoms with Gasteiger partial charge in [0.25, 0.3) is 0 Å². The van der Waals surface area contributed by atoms with Gasteiger partial charge in [-0.15, -0.1) is 0 Å². The molecule has 1 fully saturated rings. The molecule has 4 rings (SSSR count). The van der Waals surface area contributed by atoms with Crippen LogP contribution in [-0.2, 0) is 16.6 Å². The van der Waals surface area contributed by atoms with Crippen molar-refractivity contribution in [1.82, 2.24) is 0 Å². The minimum absolute atomic E-state index is 0.199. The van der Waals surface area contributed by atoms with Gasteiger partial charge in [-0.1, -0.05) is 81.8 Å². The van der Waals surface area contributed by atoms with E-state index in [2.05, 4.69) is 76.2 Å². The van der Waals surface area contributed by atoms with Crippen molar-refractivity contribution in [2.24, 2.45) is 5.41 Å². The summed E-state index contributed by atoms with van der Waals surface area (Å²) in [5.41, 5.74) is 9.06. The average molecular weight is 332 g/mol. The van der Waals surface area contributed by atoms with E-state index < -0.39 is 0 Å². The largest absolute Gasteiger partial charge is 0.380 e. The third-order valence-corrected chi connectivity index (χ3v) is 5.58. The molecule has 0 atom stereocenters. The fourth-order valence-electron chi connectivity index (χ4n) is 4.05. The Balaban J connectivity index is 1.65. The number of ether oxygens (including phenoxy) is 1. The van der Waals surface area contributed by atoms with E-state index in [-0.39, 0.29) is 5.41 Å². The van der Waals surface area contributed by atoms with Gasteiger partial charge in [0.1, 0.15) is 0 Å². The van der Waals surface area contributed by atoms with Gasteiger partial charge in [0, 0.05) is 5.41 Å². The molecule has 0 amide bonds. The third kappa shape index (κ3) is 3.18. The molecule has 1 saturated heterocycles. The van der Waals surface area contributed by atoms with E-state index in [1.54, 1.807) is 5.57 Å². The average Bonchev–Trinajstić information content (AvgIpc) is 2.94. The summed E-state index contributed by atoms with van der Waals surface area (Å²) in [5, 5.41) is 0. The highest BCUT2D eigenvalue weighted by Gasteiger charge is 2.35. The van der Waals surface area contributed by atoms with Crippen LogP contribution in [0.3, 0.4) is 0 Å². The summed E-state index contributed by atoms with van der Waals surface area (Å²) < 4.78 is 5.43. The first-order valence-electron chi connectivity index (χ1n) is 9.34. The van der Waals surface area contributed by atoms with Gasteiger partial charge >= 0.3 is 0 Å². The second-order valence-electron chi connectivity index (χ2n) is 9.17. The standard InChI is InChI=1S/C24H28O/c1-23(2,3)20-10-8-18(9-11-20)21-7-5-6-19-12-17(13-22(19)21)14-24(4)15-25-16-24/h5-11,13H,12,14-16H2,1-4H3. The van der Waals surface area contributed by atoms with Gasteiger partial charge in [-0.2, -0.15) is 0 Å². The zero-order chi connectivity index (χ0) is 17.7. The Morgan fingerprint density at radius 3 is 2.32 bits per heavy atom. The predicted octanol–water partition coefficient (Wildman–Crippen LogP) is 6.02. The van der Waals surface area contributed by atoms with Crippen LogP contribution < -0.4 is 0 Å². The molecule has 0 N–H and O–H groups in total. The van der Waals surface area contributed by atoms with Crippen LogP contribution >= 0.6 is 0 Å². The van der Waals surface area contributed by atoms with Gasteiger partial charge in [-0.25, -0.2) is 0 Å². The maximum atomic E-state index is 5.43. The van der Waals surface area contributed by atoms with Crippen molar-refractivity contribution in [3.8, 4) is 11.1 Å². The molecule has 25 heavy (non-hydrogen) atoms. The van der Waals surface area contributed by atoms with Gasteiger partial charge < -0.3 is 4.74 Å². The van der Waals surface area contributed by atoms with E-state index in [4.69, 9.17) is 4.74 Å². The molecule has 1 heteroatoms. The van der Waals surface area contributed by atoms with E-state index in [1.165, 1.54) is 27.8 Å². The van der Waals surface area contributed by atoms with Gasteiger partial charge in [0.05, 0.1) is 13.2 Å². The highest BCUT2D eigenvalue weighted by molar-refractivity contribution is 5.81. The zero-order valence-corrected chi connectivity index (χ0v) is 15.9. The highest BCUT2D eigenvalue weighted by atomic mass is 16.5. The summed E-state index contributed by atoms with van der Waals surface area (Å²) in [6, 6.07) is 15.9. The summed E-state index contributed by atoms with van der Waals surface area (Å²) >= 11 is 0. The molecule has 2 aromatic rings. The number of hydrogen-bond acceptors (Lipinski definition) is 1. The summed E-state index contributed by atoms with van der Waals surface area (Å²) in [5.74, 6) is 0. The lowest BCUT2D eigenvalue weighted by Gasteiger charge is -2.38. The van der Waals surface area contributed by atoms with Crippen molar-refractivity contribution in [2.75, 3.05) is 13.2 Å². The molecule has 0 saturated carbocycles. The van der Waals surface area contributed by atoms with E-state index >= 15 is 0 Å². The molecule has 1 heterocycles. The van der Waals surface area contributed by atoms with Crippen molar-refractivity contribution in [3.05, 3.63) is 64.7 Å². The first-order chi connectivity index (χ1) is 11.8. The van der Waals surface area contributed by atoms with Crippen LogP contribution in [-0.4, -0.2) is 13.2 Å². The van der Waals surface area contributed by atoms with Crippen LogP contribution in [0.1, 0.15) is 50.8 Å². The van der Waals surface area contributed by atoms with Gasteiger partial charge in [-0.3, -0.25) is 0 Å². The van der Waals surface area contributed by atoms with Crippen LogP contribution in [0.15, 0.2) is 48.0 Å². The molecule has 0 spiro atoms. The number of allylic oxidation sites excluding steroid dienone is 1. The molecule has 0 bridgehead atoms. The second-order valence-corrected chi connectivity index (χ2v) is 9.17. The maximum absolute atomic E-state index is 5.43. The predicted molar refractivity (Wildman–Crippen MR) is 106 cm³/mol. The minimum Gasteiger partial charge on any atom is -0.380 e. The van der Waals surface area contributed by atoms with Crippen LogP contribution in [0.4, 0.5) is 0 Å². The van der Waals surface area contributed by atoms with Gasteiger partial charge in [0.2, 0.25) is 0 Å². The quantitative estimate of drug-likeness (QED) is 0.668. The molecule has 2 aliphatic rings. The van der Waals surface area contributed by atoms with Crippen molar-refractivity contribution < 1.29 is 4.74 Å². The molecule has 2 aromatic carbocycles. The third-order valence-electron chi connectivity index (χ3n) is 5.58. The molecule has 1 aliphatic carbocycles. The fraction of sp³-hybridized carbons (Fsp3) is 0.417. The van der Waals surface area contributed by atoms with Gasteiger partial charge in [0.15, 0.2) is 0 Å². The summed E-state index contributed by atoms with van der Waals surface area (Å²) in [6.45, 7) is 10.9. The monoisotopic (exact) mass is 332 g/mol. The molecule has 1 aliphatic heterocycles. The Morgan fingerprint density at radius 2 is 1.72 bits per heavy atom. The number of hydrogen-bond donors (Lipinski definition) is 0. The lowest BCUT2D eigenvalue weighted by atomic mass is 9.81. The van der Waals surface area contributed by atoms with Crippen LogP contribution in [0.2, 0.25) is 0 Å². The first kappa shape index (κ1) is 16.6. The minimum atomic E-state index is 0.199. The van der Waals surface area contributed by atoms with Crippen LogP contribution in [0.5, 0.6) is 0 Å². The van der Waals surface area contributed by atoms with Crippen molar-refractivity contribution in [2.45, 2.75) is 46.0 Å². The molecular formula is C24H28O. The lowest BCUT2D eigenvalue weighted by molar-refractivity contribution is -0.100. The first-order valence-corrected chi connectivity index (χ1v) is 9.34. The van der Waals surface area contributed by atoms with Gasteiger partial charge in [-0.05, 0) is 46.1 Å². The maximum Gasteiger partial charge on any atom is 0.0545 e. The number of rotatable bonds is 3. The SMILES string of the molecule is CC1(CC2=Cc3c(cccc3-c3ccc(C(C)(C)C)cc3)C2)COC1. The Kier molecular flexibility index (Phi) is 3.88. The number of fused-ring (bicyclic) bond motifs is 1. The normalized spacial score (nSPS) is 18.5. The molecular weight excluding hydrogens is 304 g/mol. The molecule has 0 aromatic heterocycles. The van der Waals surface area contributed by atoms with E-state index in [0.29, 0.717) is 5.41 Å². The summed E-state index contributed by atoms with van der Waals surface area (Å²) in [6.07, 6.45) is 4.69. The molecule has 130 valence electrons. The molecule has 0 radical (unpaired) electrons. The molecule has 0 unspecified atom stereocenters. The Hall–Kier alpha value is -1.86. The van der Waals surface area contributed by atoms with Crippen LogP contribution in [0, 0.1) is 5.41 Å². The van der Waals surface area contributed by atoms with Crippen molar-refractivity contribution >= 4 is 6.08 Å². The number of benzene rings is 2. The lowest BCUT2D eigenvalue weighted by Crippen LogP contribution is -2.39. The smallest absolute Gasteiger partial charge is 0.0545 e. The van der Waals surface area contributed by atoms with E-state index in [1.807, 2.05) is 0 Å². The van der Waals surface area contributed by atoms with E-state index in [0.717, 1.165) is 26.1 Å². The second kappa shape index (κ2) is 5.85. The van der Waals surface area contributed by atoms with E-state index in [9.17, 15) is 0 Å².